The van der Waals surface area contributed by atoms with Crippen LogP contribution in [0.5, 0.6) is 0 Å². The molecule has 0 aromatic rings. The van der Waals surface area contributed by atoms with E-state index in [-0.39, 0.29) is 6.10 Å². The van der Waals surface area contributed by atoms with Crippen molar-refractivity contribution in [3.05, 3.63) is 11.6 Å². The highest BCUT2D eigenvalue weighted by Gasteiger charge is 2.24. The molecule has 0 saturated heterocycles. The van der Waals surface area contributed by atoms with Crippen molar-refractivity contribution in [1.82, 2.24) is 0 Å². The monoisotopic (exact) mass is 209 g/mol. The number of nitriles is 1. The first-order valence-electron chi connectivity index (χ1n) is 5.29. The van der Waals surface area contributed by atoms with Crippen LogP contribution in [0, 0.1) is 11.3 Å². The van der Waals surface area contributed by atoms with E-state index in [4.69, 9.17) is 9.69 Å². The van der Waals surface area contributed by atoms with Gasteiger partial charge >= 0.3 is 0 Å². The van der Waals surface area contributed by atoms with Crippen LogP contribution in [0.15, 0.2) is 11.6 Å². The Hall–Kier alpha value is -0.593. The first-order chi connectivity index (χ1) is 6.53. The summed E-state index contributed by atoms with van der Waals surface area (Å²) in [4.78, 5) is 0. The van der Waals surface area contributed by atoms with Gasteiger partial charge in [0.1, 0.15) is 0 Å². The van der Waals surface area contributed by atoms with Crippen molar-refractivity contribution >= 4 is 8.32 Å². The zero-order valence-electron chi connectivity index (χ0n) is 9.34. The van der Waals surface area contributed by atoms with Crippen molar-refractivity contribution in [2.24, 2.45) is 0 Å². The Bertz CT molecular complexity index is 259. The molecule has 1 atom stereocenters. The molecule has 0 aromatic heterocycles. The molecule has 2 nitrogen and oxygen atoms in total. The van der Waals surface area contributed by atoms with Gasteiger partial charge in [0, 0.05) is 0 Å². The normalized spacial score (nSPS) is 19.7. The number of nitrogens with zero attached hydrogens (tertiary/aromatic N) is 1. The molecule has 0 amide bonds. The lowest BCUT2D eigenvalue weighted by Crippen LogP contribution is -2.32. The summed E-state index contributed by atoms with van der Waals surface area (Å²) < 4.78 is 5.84. The fraction of sp³-hybridized carbons (Fsp3) is 0.727. The van der Waals surface area contributed by atoms with Crippen molar-refractivity contribution in [1.29, 1.82) is 5.26 Å². The van der Waals surface area contributed by atoms with Gasteiger partial charge in [0.05, 0.1) is 6.07 Å². The van der Waals surface area contributed by atoms with Crippen molar-refractivity contribution < 1.29 is 4.43 Å². The molecule has 0 heterocycles. The molecule has 0 saturated carbocycles. The van der Waals surface area contributed by atoms with Crippen LogP contribution in [0.25, 0.3) is 0 Å². The van der Waals surface area contributed by atoms with Crippen LogP contribution in [0.3, 0.4) is 0 Å². The molecular formula is C11H19NOSi. The Kier molecular flexibility index (Phi) is 3.91. The minimum absolute atomic E-state index is 0.276. The smallest absolute Gasteiger partial charge is 0.185 e. The molecule has 0 aliphatic heterocycles. The van der Waals surface area contributed by atoms with Gasteiger partial charge in [-0.25, -0.2) is 0 Å². The molecule has 0 bridgehead atoms. The SMILES string of the molecule is C[Si](C)(C)O[C@@H](C#N)C1=CCCCC1. The molecule has 0 fully saturated rings. The molecule has 1 aliphatic rings. The average Bonchev–Trinajstić information content (AvgIpc) is 2.14. The van der Waals surface area contributed by atoms with E-state index in [2.05, 4.69) is 31.8 Å². The summed E-state index contributed by atoms with van der Waals surface area (Å²) in [6, 6.07) is 2.27. The first kappa shape index (κ1) is 11.5. The van der Waals surface area contributed by atoms with E-state index in [0.717, 1.165) is 12.8 Å². The van der Waals surface area contributed by atoms with E-state index in [1.807, 2.05) is 0 Å². The van der Waals surface area contributed by atoms with Crippen LogP contribution < -0.4 is 0 Å². The third-order valence-corrected chi connectivity index (χ3v) is 3.19. The van der Waals surface area contributed by atoms with E-state index in [1.54, 1.807) is 0 Å². The van der Waals surface area contributed by atoms with Crippen LogP contribution in [0.1, 0.15) is 25.7 Å². The topological polar surface area (TPSA) is 33.0 Å². The lowest BCUT2D eigenvalue weighted by atomic mass is 9.96. The summed E-state index contributed by atoms with van der Waals surface area (Å²) in [6.07, 6.45) is 6.54. The molecule has 78 valence electrons. The zero-order chi connectivity index (χ0) is 10.6. The van der Waals surface area contributed by atoms with Gasteiger partial charge in [-0.15, -0.1) is 0 Å². The highest BCUT2D eigenvalue weighted by molar-refractivity contribution is 6.69. The molecule has 0 spiro atoms. The summed E-state index contributed by atoms with van der Waals surface area (Å²) in [5, 5.41) is 9.05. The fourth-order valence-corrected chi connectivity index (χ4v) is 2.55. The predicted molar refractivity (Wildman–Crippen MR) is 60.4 cm³/mol. The Morgan fingerprint density at radius 1 is 1.43 bits per heavy atom. The van der Waals surface area contributed by atoms with Crippen molar-refractivity contribution in [3.63, 3.8) is 0 Å². The summed E-state index contributed by atoms with van der Waals surface area (Å²) >= 11 is 0. The predicted octanol–water partition coefficient (Wildman–Crippen LogP) is 3.23. The summed E-state index contributed by atoms with van der Waals surface area (Å²) in [5.41, 5.74) is 1.21. The first-order valence-corrected chi connectivity index (χ1v) is 8.70. The van der Waals surface area contributed by atoms with Crippen molar-refractivity contribution in [2.75, 3.05) is 0 Å². The minimum Gasteiger partial charge on any atom is -0.399 e. The number of allylic oxidation sites excluding steroid dienone is 1. The molecule has 0 N–H and O–H groups in total. The van der Waals surface area contributed by atoms with E-state index in [0.29, 0.717) is 0 Å². The van der Waals surface area contributed by atoms with Crippen LogP contribution in [0.4, 0.5) is 0 Å². The molecule has 14 heavy (non-hydrogen) atoms. The van der Waals surface area contributed by atoms with Crippen LogP contribution in [-0.4, -0.2) is 14.4 Å². The molecule has 3 heteroatoms. The van der Waals surface area contributed by atoms with Gasteiger partial charge in [-0.3, -0.25) is 0 Å². The lowest BCUT2D eigenvalue weighted by Gasteiger charge is -2.25. The van der Waals surface area contributed by atoms with Gasteiger partial charge in [0.25, 0.3) is 0 Å². The number of hydrogen-bond acceptors (Lipinski definition) is 2. The molecule has 1 rings (SSSR count). The number of hydrogen-bond donors (Lipinski definition) is 0. The average molecular weight is 209 g/mol. The summed E-state index contributed by atoms with van der Waals surface area (Å²) in [7, 11) is -1.59. The second kappa shape index (κ2) is 4.76. The van der Waals surface area contributed by atoms with Crippen LogP contribution >= 0.6 is 0 Å². The van der Waals surface area contributed by atoms with E-state index in [9.17, 15) is 0 Å². The molecular weight excluding hydrogens is 190 g/mol. The quantitative estimate of drug-likeness (QED) is 0.528. The van der Waals surface area contributed by atoms with Gasteiger partial charge < -0.3 is 4.43 Å². The molecule has 1 aliphatic carbocycles. The second-order valence-electron chi connectivity index (χ2n) is 4.76. The zero-order valence-corrected chi connectivity index (χ0v) is 10.3. The van der Waals surface area contributed by atoms with E-state index >= 15 is 0 Å². The van der Waals surface area contributed by atoms with Crippen molar-refractivity contribution in [2.45, 2.75) is 51.4 Å². The minimum atomic E-state index is -1.59. The van der Waals surface area contributed by atoms with Crippen LogP contribution in [0.2, 0.25) is 19.6 Å². The van der Waals surface area contributed by atoms with Gasteiger partial charge in [0.2, 0.25) is 0 Å². The second-order valence-corrected chi connectivity index (χ2v) is 9.22. The highest BCUT2D eigenvalue weighted by atomic mass is 28.4. The van der Waals surface area contributed by atoms with Gasteiger partial charge in [-0.1, -0.05) is 6.08 Å². The summed E-state index contributed by atoms with van der Waals surface area (Å²) in [6.45, 7) is 6.38. The van der Waals surface area contributed by atoms with Crippen molar-refractivity contribution in [3.8, 4) is 6.07 Å². The Morgan fingerprint density at radius 3 is 2.57 bits per heavy atom. The van der Waals surface area contributed by atoms with Crippen LogP contribution in [-0.2, 0) is 4.43 Å². The standard InChI is InChI=1S/C11H19NOSi/c1-14(2,3)13-11(9-12)10-7-5-4-6-8-10/h7,11H,4-6,8H2,1-3H3/t11-/m0/s1. The highest BCUT2D eigenvalue weighted by Crippen LogP contribution is 2.23. The maximum absolute atomic E-state index is 9.05. The molecule has 0 aromatic carbocycles. The van der Waals surface area contributed by atoms with Gasteiger partial charge in [0.15, 0.2) is 14.4 Å². The van der Waals surface area contributed by atoms with Gasteiger partial charge in [-0.05, 0) is 50.9 Å². The maximum atomic E-state index is 9.05. The Labute approximate surface area is 87.7 Å². The Morgan fingerprint density at radius 2 is 2.14 bits per heavy atom. The third-order valence-electron chi connectivity index (χ3n) is 2.25. The molecule has 0 unspecified atom stereocenters. The Balaban J connectivity index is 2.63. The summed E-state index contributed by atoms with van der Waals surface area (Å²) in [5.74, 6) is 0. The molecule has 0 radical (unpaired) electrons. The number of rotatable bonds is 3. The maximum Gasteiger partial charge on any atom is 0.185 e. The third kappa shape index (κ3) is 3.65. The largest absolute Gasteiger partial charge is 0.399 e. The van der Waals surface area contributed by atoms with E-state index in [1.165, 1.54) is 18.4 Å². The lowest BCUT2D eigenvalue weighted by molar-refractivity contribution is 0.275. The van der Waals surface area contributed by atoms with Gasteiger partial charge in [-0.2, -0.15) is 5.26 Å². The van der Waals surface area contributed by atoms with E-state index < -0.39 is 8.32 Å². The fourth-order valence-electron chi connectivity index (χ4n) is 1.64.